The Morgan fingerprint density at radius 2 is 1.96 bits per heavy atom. The number of aromatic nitrogens is 3. The lowest BCUT2D eigenvalue weighted by Gasteiger charge is -2.41. The Labute approximate surface area is 150 Å². The van der Waals surface area contributed by atoms with Crippen molar-refractivity contribution < 1.29 is 5.11 Å². The van der Waals surface area contributed by atoms with Crippen molar-refractivity contribution in [3.8, 4) is 0 Å². The van der Waals surface area contributed by atoms with E-state index in [1.807, 2.05) is 10.9 Å². The highest BCUT2D eigenvalue weighted by Crippen LogP contribution is 2.33. The highest BCUT2D eigenvalue weighted by molar-refractivity contribution is 5.24. The quantitative estimate of drug-likeness (QED) is 0.907. The van der Waals surface area contributed by atoms with Crippen molar-refractivity contribution in [2.45, 2.75) is 57.6 Å². The van der Waals surface area contributed by atoms with Gasteiger partial charge in [0.05, 0.1) is 6.20 Å². The third-order valence-corrected chi connectivity index (χ3v) is 5.24. The van der Waals surface area contributed by atoms with Crippen molar-refractivity contribution in [3.63, 3.8) is 0 Å². The van der Waals surface area contributed by atoms with Gasteiger partial charge in [-0.3, -0.25) is 4.90 Å². The van der Waals surface area contributed by atoms with Gasteiger partial charge in [-0.2, -0.15) is 0 Å². The van der Waals surface area contributed by atoms with E-state index in [0.717, 1.165) is 25.9 Å². The second kappa shape index (κ2) is 6.89. The minimum Gasteiger partial charge on any atom is -0.382 e. The molecule has 5 heteroatoms. The van der Waals surface area contributed by atoms with Crippen molar-refractivity contribution in [1.29, 1.82) is 0 Å². The van der Waals surface area contributed by atoms with Crippen LogP contribution in [0.1, 0.15) is 57.8 Å². The number of piperidine rings is 1. The SMILES string of the molecule is CC(C)n1cc(C2(O)CCCN(CC(C)(C)c3ccccc3)C2)nn1. The van der Waals surface area contributed by atoms with Crippen molar-refractivity contribution >= 4 is 0 Å². The predicted molar refractivity (Wildman–Crippen MR) is 99.4 cm³/mol. The highest BCUT2D eigenvalue weighted by atomic mass is 16.3. The van der Waals surface area contributed by atoms with E-state index in [2.05, 4.69) is 73.2 Å². The van der Waals surface area contributed by atoms with E-state index in [9.17, 15) is 5.11 Å². The normalized spacial score (nSPS) is 22.5. The lowest BCUT2D eigenvalue weighted by Crippen LogP contribution is -2.49. The topological polar surface area (TPSA) is 54.2 Å². The number of rotatable bonds is 5. The van der Waals surface area contributed by atoms with Gasteiger partial charge in [0, 0.05) is 24.5 Å². The van der Waals surface area contributed by atoms with Crippen LogP contribution in [0.25, 0.3) is 0 Å². The summed E-state index contributed by atoms with van der Waals surface area (Å²) in [7, 11) is 0. The molecule has 0 amide bonds. The van der Waals surface area contributed by atoms with Gasteiger partial charge in [-0.25, -0.2) is 4.68 Å². The van der Waals surface area contributed by atoms with E-state index >= 15 is 0 Å². The highest BCUT2D eigenvalue weighted by Gasteiger charge is 2.39. The maximum atomic E-state index is 11.2. The van der Waals surface area contributed by atoms with Crippen LogP contribution in [0, 0.1) is 0 Å². The second-order valence-corrected chi connectivity index (χ2v) is 8.27. The monoisotopic (exact) mass is 342 g/mol. The Balaban J connectivity index is 1.74. The van der Waals surface area contributed by atoms with Crippen molar-refractivity contribution in [3.05, 3.63) is 47.8 Å². The molecule has 0 saturated carbocycles. The molecule has 0 aliphatic carbocycles. The molecule has 1 aromatic heterocycles. The molecule has 0 radical (unpaired) electrons. The number of hydrogen-bond acceptors (Lipinski definition) is 4. The van der Waals surface area contributed by atoms with Crippen LogP contribution >= 0.6 is 0 Å². The average Bonchev–Trinajstić information content (AvgIpc) is 3.06. The molecule has 25 heavy (non-hydrogen) atoms. The Kier molecular flexibility index (Phi) is 4.98. The zero-order valence-electron chi connectivity index (χ0n) is 15.8. The number of nitrogens with zero attached hydrogens (tertiary/aromatic N) is 4. The average molecular weight is 342 g/mol. The maximum Gasteiger partial charge on any atom is 0.123 e. The lowest BCUT2D eigenvalue weighted by molar-refractivity contribution is -0.0433. The molecular weight excluding hydrogens is 312 g/mol. The minimum atomic E-state index is -0.905. The zero-order chi connectivity index (χ0) is 18.1. The van der Waals surface area contributed by atoms with Gasteiger partial charge >= 0.3 is 0 Å². The Morgan fingerprint density at radius 3 is 2.60 bits per heavy atom. The largest absolute Gasteiger partial charge is 0.382 e. The number of hydrogen-bond donors (Lipinski definition) is 1. The minimum absolute atomic E-state index is 0.0368. The molecule has 1 aliphatic rings. The summed E-state index contributed by atoms with van der Waals surface area (Å²) in [6.45, 7) is 11.2. The first-order chi connectivity index (χ1) is 11.8. The van der Waals surface area contributed by atoms with Crippen LogP contribution < -0.4 is 0 Å². The summed E-state index contributed by atoms with van der Waals surface area (Å²) in [5.41, 5.74) is 1.16. The van der Waals surface area contributed by atoms with Crippen LogP contribution in [0.15, 0.2) is 36.5 Å². The van der Waals surface area contributed by atoms with Crippen LogP contribution in [-0.4, -0.2) is 44.6 Å². The molecule has 1 aliphatic heterocycles. The molecule has 136 valence electrons. The van der Waals surface area contributed by atoms with Crippen LogP contribution in [0.4, 0.5) is 0 Å². The summed E-state index contributed by atoms with van der Waals surface area (Å²) < 4.78 is 1.82. The summed E-state index contributed by atoms with van der Waals surface area (Å²) in [4.78, 5) is 2.37. The van der Waals surface area contributed by atoms with Crippen LogP contribution in [-0.2, 0) is 11.0 Å². The first-order valence-electron chi connectivity index (χ1n) is 9.23. The van der Waals surface area contributed by atoms with Gasteiger partial charge < -0.3 is 5.11 Å². The van der Waals surface area contributed by atoms with Gasteiger partial charge in [0.1, 0.15) is 11.3 Å². The molecule has 1 N–H and O–H groups in total. The third-order valence-electron chi connectivity index (χ3n) is 5.24. The van der Waals surface area contributed by atoms with E-state index in [1.54, 1.807) is 0 Å². The lowest BCUT2D eigenvalue weighted by atomic mass is 9.82. The summed E-state index contributed by atoms with van der Waals surface area (Å²) >= 11 is 0. The molecule has 5 nitrogen and oxygen atoms in total. The molecule has 1 atom stereocenters. The fraction of sp³-hybridized carbons (Fsp3) is 0.600. The molecule has 2 aromatic rings. The van der Waals surface area contributed by atoms with E-state index < -0.39 is 5.60 Å². The van der Waals surface area contributed by atoms with E-state index in [-0.39, 0.29) is 11.5 Å². The van der Waals surface area contributed by atoms with Crippen molar-refractivity contribution in [2.75, 3.05) is 19.6 Å². The fourth-order valence-corrected chi connectivity index (χ4v) is 3.75. The molecular formula is C20H30N4O. The maximum absolute atomic E-state index is 11.2. The third kappa shape index (κ3) is 3.93. The van der Waals surface area contributed by atoms with Gasteiger partial charge in [-0.15, -0.1) is 5.10 Å². The number of benzene rings is 1. The molecule has 1 fully saturated rings. The molecule has 1 saturated heterocycles. The molecule has 0 spiro atoms. The zero-order valence-corrected chi connectivity index (χ0v) is 15.8. The smallest absolute Gasteiger partial charge is 0.123 e. The van der Waals surface area contributed by atoms with Crippen LogP contribution in [0.5, 0.6) is 0 Å². The Morgan fingerprint density at radius 1 is 1.24 bits per heavy atom. The molecule has 3 rings (SSSR count). The molecule has 2 heterocycles. The van der Waals surface area contributed by atoms with E-state index in [1.165, 1.54) is 5.56 Å². The van der Waals surface area contributed by atoms with Gasteiger partial charge in [-0.05, 0) is 38.8 Å². The van der Waals surface area contributed by atoms with Gasteiger partial charge in [-0.1, -0.05) is 49.4 Å². The predicted octanol–water partition coefficient (Wildman–Crippen LogP) is 3.12. The van der Waals surface area contributed by atoms with Crippen molar-refractivity contribution in [2.24, 2.45) is 0 Å². The van der Waals surface area contributed by atoms with E-state index in [4.69, 9.17) is 0 Å². The summed E-state index contributed by atoms with van der Waals surface area (Å²) in [5, 5.41) is 19.6. The summed E-state index contributed by atoms with van der Waals surface area (Å²) in [6, 6.07) is 10.9. The standard InChI is InChI=1S/C20H30N4O/c1-16(2)24-13-18(21-22-24)20(25)11-8-12-23(15-20)14-19(3,4)17-9-6-5-7-10-17/h5-7,9-10,13,16,25H,8,11-12,14-15H2,1-4H3. The van der Waals surface area contributed by atoms with Gasteiger partial charge in [0.2, 0.25) is 0 Å². The first-order valence-corrected chi connectivity index (χ1v) is 9.23. The van der Waals surface area contributed by atoms with Gasteiger partial charge in [0.15, 0.2) is 0 Å². The Hall–Kier alpha value is -1.72. The van der Waals surface area contributed by atoms with Gasteiger partial charge in [0.25, 0.3) is 0 Å². The number of likely N-dealkylation sites (tertiary alicyclic amines) is 1. The van der Waals surface area contributed by atoms with Crippen LogP contribution in [0.2, 0.25) is 0 Å². The molecule has 1 unspecified atom stereocenters. The van der Waals surface area contributed by atoms with E-state index in [0.29, 0.717) is 12.2 Å². The summed E-state index contributed by atoms with van der Waals surface area (Å²) in [6.07, 6.45) is 3.61. The van der Waals surface area contributed by atoms with Crippen molar-refractivity contribution in [1.82, 2.24) is 19.9 Å². The number of aliphatic hydroxyl groups is 1. The fourth-order valence-electron chi connectivity index (χ4n) is 3.75. The van der Waals surface area contributed by atoms with Crippen LogP contribution in [0.3, 0.4) is 0 Å². The second-order valence-electron chi connectivity index (χ2n) is 8.27. The number of β-amino-alcohol motifs (C(OH)–C–C–N with tert-alkyl or cyclic N) is 1. The summed E-state index contributed by atoms with van der Waals surface area (Å²) in [5.74, 6) is 0. The first kappa shape index (κ1) is 18.1. The Bertz CT molecular complexity index is 695. The molecule has 1 aromatic carbocycles. The molecule has 0 bridgehead atoms.